The van der Waals surface area contributed by atoms with Gasteiger partial charge in [-0.05, 0) is 30.9 Å². The first-order valence-electron chi connectivity index (χ1n) is 5.83. The lowest BCUT2D eigenvalue weighted by Crippen LogP contribution is -2.25. The quantitative estimate of drug-likeness (QED) is 0.745. The summed E-state index contributed by atoms with van der Waals surface area (Å²) in [7, 11) is 0. The Hall–Kier alpha value is -1.30. The Morgan fingerprint density at radius 3 is 3.00 bits per heavy atom. The summed E-state index contributed by atoms with van der Waals surface area (Å²) >= 11 is 1.81. The van der Waals surface area contributed by atoms with Crippen molar-refractivity contribution >= 4 is 23.5 Å². The number of hydrogen-bond acceptors (Lipinski definition) is 4. The molecular weight excluding hydrogens is 253 g/mol. The van der Waals surface area contributed by atoms with Gasteiger partial charge < -0.3 is 11.1 Å². The first-order chi connectivity index (χ1) is 8.65. The van der Waals surface area contributed by atoms with E-state index >= 15 is 0 Å². The second kappa shape index (κ2) is 7.92. The number of nitrogen functional groups attached to an aromatic ring is 1. The summed E-state index contributed by atoms with van der Waals surface area (Å²) in [6, 6.07) is 1.10. The predicted octanol–water partition coefficient (Wildman–Crippen LogP) is 2.07. The fourth-order valence-electron chi connectivity index (χ4n) is 1.48. The van der Waals surface area contributed by atoms with Gasteiger partial charge in [-0.3, -0.25) is 4.79 Å². The molecule has 1 aromatic rings. The van der Waals surface area contributed by atoms with Crippen LogP contribution in [0.2, 0.25) is 0 Å². The molecule has 0 fully saturated rings. The van der Waals surface area contributed by atoms with E-state index in [0.717, 1.165) is 37.3 Å². The Morgan fingerprint density at radius 2 is 2.28 bits per heavy atom. The largest absolute Gasteiger partial charge is 0.383 e. The number of amides is 1. The number of nitrogens with zero attached hydrogens (tertiary/aromatic N) is 1. The molecule has 6 heteroatoms. The maximum Gasteiger partial charge on any atom is 0.255 e. The van der Waals surface area contributed by atoms with Crippen molar-refractivity contribution in [1.82, 2.24) is 10.3 Å². The number of carbonyl (C=O) groups is 1. The highest BCUT2D eigenvalue weighted by Crippen LogP contribution is 2.09. The molecule has 0 bridgehead atoms. The van der Waals surface area contributed by atoms with Crippen molar-refractivity contribution in [2.24, 2.45) is 0 Å². The van der Waals surface area contributed by atoms with Crippen LogP contribution < -0.4 is 11.1 Å². The van der Waals surface area contributed by atoms with Crippen LogP contribution in [0.3, 0.4) is 0 Å². The van der Waals surface area contributed by atoms with E-state index in [0.29, 0.717) is 6.54 Å². The van der Waals surface area contributed by atoms with Crippen molar-refractivity contribution in [3.05, 3.63) is 23.6 Å². The molecule has 0 aliphatic heterocycles. The van der Waals surface area contributed by atoms with E-state index in [1.807, 2.05) is 11.8 Å². The molecule has 3 N–H and O–H groups in total. The zero-order chi connectivity index (χ0) is 13.4. The van der Waals surface area contributed by atoms with E-state index in [1.165, 1.54) is 0 Å². The number of hydrogen-bond donors (Lipinski definition) is 2. The van der Waals surface area contributed by atoms with E-state index in [2.05, 4.69) is 16.6 Å². The molecule has 0 aliphatic rings. The first kappa shape index (κ1) is 14.8. The van der Waals surface area contributed by atoms with Crippen LogP contribution in [0.5, 0.6) is 0 Å². The highest BCUT2D eigenvalue weighted by atomic mass is 32.2. The molecule has 0 saturated carbocycles. The number of nitrogens with one attached hydrogen (secondary N) is 1. The summed E-state index contributed by atoms with van der Waals surface area (Å²) in [5, 5.41) is 2.71. The smallest absolute Gasteiger partial charge is 0.255 e. The number of pyridine rings is 1. The van der Waals surface area contributed by atoms with Gasteiger partial charge in [0.1, 0.15) is 11.6 Å². The summed E-state index contributed by atoms with van der Waals surface area (Å²) in [5.74, 6) is 0.254. The van der Waals surface area contributed by atoms with Gasteiger partial charge in [-0.1, -0.05) is 6.42 Å². The van der Waals surface area contributed by atoms with Crippen molar-refractivity contribution in [1.29, 1.82) is 0 Å². The minimum absolute atomic E-state index is 0.0521. The lowest BCUT2D eigenvalue weighted by atomic mass is 10.2. The van der Waals surface area contributed by atoms with Crippen molar-refractivity contribution in [2.75, 3.05) is 24.3 Å². The third-order valence-corrected chi connectivity index (χ3v) is 3.14. The van der Waals surface area contributed by atoms with Crippen LogP contribution in [0.4, 0.5) is 10.2 Å². The highest BCUT2D eigenvalue weighted by molar-refractivity contribution is 7.98. The van der Waals surface area contributed by atoms with Crippen molar-refractivity contribution in [3.63, 3.8) is 0 Å². The molecule has 0 aromatic carbocycles. The van der Waals surface area contributed by atoms with Crippen LogP contribution in [0.1, 0.15) is 29.6 Å². The fourth-order valence-corrected chi connectivity index (χ4v) is 1.97. The van der Waals surface area contributed by atoms with Crippen LogP contribution in [0, 0.1) is 5.82 Å². The summed E-state index contributed by atoms with van der Waals surface area (Å²) in [4.78, 5) is 15.3. The molecule has 1 amide bonds. The predicted molar refractivity (Wildman–Crippen MR) is 73.2 cm³/mol. The molecule has 0 radical (unpaired) electrons. The molecular formula is C12H18FN3OS. The molecule has 1 rings (SSSR count). The Labute approximate surface area is 111 Å². The number of halogens is 1. The number of carbonyl (C=O) groups excluding carboxylic acids is 1. The van der Waals surface area contributed by atoms with Crippen LogP contribution in [-0.4, -0.2) is 29.4 Å². The van der Waals surface area contributed by atoms with Crippen molar-refractivity contribution in [2.45, 2.75) is 19.3 Å². The lowest BCUT2D eigenvalue weighted by Gasteiger charge is -2.06. The molecule has 0 saturated heterocycles. The minimum atomic E-state index is -0.561. The number of rotatable bonds is 7. The number of anilines is 1. The first-order valence-corrected chi connectivity index (χ1v) is 7.22. The van der Waals surface area contributed by atoms with E-state index in [1.54, 1.807) is 0 Å². The topological polar surface area (TPSA) is 68.0 Å². The van der Waals surface area contributed by atoms with Gasteiger partial charge in [0.05, 0.1) is 11.8 Å². The normalized spacial score (nSPS) is 10.3. The minimum Gasteiger partial charge on any atom is -0.383 e. The summed E-state index contributed by atoms with van der Waals surface area (Å²) in [5.41, 5.74) is 5.62. The second-order valence-electron chi connectivity index (χ2n) is 3.90. The van der Waals surface area contributed by atoms with Crippen LogP contribution >= 0.6 is 11.8 Å². The lowest BCUT2D eigenvalue weighted by molar-refractivity contribution is 0.0953. The average molecular weight is 271 g/mol. The molecule has 0 unspecified atom stereocenters. The Bertz CT molecular complexity index is 401. The third kappa shape index (κ3) is 4.91. The zero-order valence-electron chi connectivity index (χ0n) is 10.4. The van der Waals surface area contributed by atoms with Gasteiger partial charge in [0.2, 0.25) is 0 Å². The average Bonchev–Trinajstić information content (AvgIpc) is 2.36. The van der Waals surface area contributed by atoms with Gasteiger partial charge in [-0.2, -0.15) is 11.8 Å². The Kier molecular flexibility index (Phi) is 6.49. The second-order valence-corrected chi connectivity index (χ2v) is 4.88. The van der Waals surface area contributed by atoms with Crippen LogP contribution in [-0.2, 0) is 0 Å². The SMILES string of the molecule is CSCCCCCNC(=O)c1cc(F)cnc1N. The summed E-state index contributed by atoms with van der Waals surface area (Å²) in [6.07, 6.45) is 6.18. The monoisotopic (exact) mass is 271 g/mol. The Morgan fingerprint density at radius 1 is 1.50 bits per heavy atom. The van der Waals surface area contributed by atoms with E-state index in [9.17, 15) is 9.18 Å². The van der Waals surface area contributed by atoms with Gasteiger partial charge in [0.25, 0.3) is 5.91 Å². The van der Waals surface area contributed by atoms with Crippen LogP contribution in [0.15, 0.2) is 12.3 Å². The number of unbranched alkanes of at least 4 members (excludes halogenated alkanes) is 2. The molecule has 18 heavy (non-hydrogen) atoms. The fraction of sp³-hybridized carbons (Fsp3) is 0.500. The molecule has 1 aromatic heterocycles. The van der Waals surface area contributed by atoms with Gasteiger partial charge in [-0.15, -0.1) is 0 Å². The standard InChI is InChI=1S/C12H18FN3OS/c1-18-6-4-2-3-5-15-12(17)10-7-9(13)8-16-11(10)14/h7-8H,2-6H2,1H3,(H2,14,16)(H,15,17). The van der Waals surface area contributed by atoms with Gasteiger partial charge in [-0.25, -0.2) is 9.37 Å². The third-order valence-electron chi connectivity index (χ3n) is 2.44. The Balaban J connectivity index is 2.34. The maximum absolute atomic E-state index is 12.9. The number of aromatic nitrogens is 1. The highest BCUT2D eigenvalue weighted by Gasteiger charge is 2.11. The maximum atomic E-state index is 12.9. The van der Waals surface area contributed by atoms with Crippen molar-refractivity contribution < 1.29 is 9.18 Å². The summed E-state index contributed by atoms with van der Waals surface area (Å²) < 4.78 is 12.9. The summed E-state index contributed by atoms with van der Waals surface area (Å²) in [6.45, 7) is 0.573. The molecule has 4 nitrogen and oxygen atoms in total. The van der Waals surface area contributed by atoms with Gasteiger partial charge in [0, 0.05) is 6.54 Å². The molecule has 100 valence electrons. The molecule has 0 spiro atoms. The van der Waals surface area contributed by atoms with E-state index in [4.69, 9.17) is 5.73 Å². The van der Waals surface area contributed by atoms with Gasteiger partial charge >= 0.3 is 0 Å². The van der Waals surface area contributed by atoms with Crippen LogP contribution in [0.25, 0.3) is 0 Å². The van der Waals surface area contributed by atoms with E-state index in [-0.39, 0.29) is 17.3 Å². The van der Waals surface area contributed by atoms with E-state index < -0.39 is 5.82 Å². The van der Waals surface area contributed by atoms with Gasteiger partial charge in [0.15, 0.2) is 0 Å². The molecule has 1 heterocycles. The zero-order valence-corrected chi connectivity index (χ0v) is 11.2. The number of thioether (sulfide) groups is 1. The molecule has 0 atom stereocenters. The number of nitrogens with two attached hydrogens (primary N) is 1. The van der Waals surface area contributed by atoms with Crippen molar-refractivity contribution in [3.8, 4) is 0 Å². The molecule has 0 aliphatic carbocycles.